The Balaban J connectivity index is 1.28. The molecular formula is C35H41FN8O8S. The Morgan fingerprint density at radius 1 is 1.00 bits per heavy atom. The Morgan fingerprint density at radius 2 is 1.72 bits per heavy atom. The number of urea groups is 1. The standard InChI is InChI=1S/C35H41FN8O8S/c1-21-29(22-16-26(33(50-3)37-18-22)32(45)39-24-10-14-53(47,48)15-11-24)42-44(25-8-6-5-7-9-25)31(21)41-35(46)40-28-20-43(12-13-49-2)52-30(28)23-17-27(36)34(51-4)38-19-23/h5-9,16-19,24,28,30H,10-15,20H2,1-4H3,(H,39,45)(H2,40,41,46)/t28-,30+/m1/s1. The van der Waals surface area contributed by atoms with Gasteiger partial charge in [-0.05, 0) is 44.0 Å². The van der Waals surface area contributed by atoms with Crippen molar-refractivity contribution in [2.45, 2.75) is 38.0 Å². The number of carbonyl (C=O) groups is 2. The van der Waals surface area contributed by atoms with E-state index in [-0.39, 0.29) is 41.4 Å². The number of anilines is 1. The molecule has 3 N–H and O–H groups in total. The van der Waals surface area contributed by atoms with Crippen molar-refractivity contribution >= 4 is 27.6 Å². The topological polar surface area (TPSA) is 188 Å². The summed E-state index contributed by atoms with van der Waals surface area (Å²) in [6.07, 6.45) is 2.82. The molecule has 0 spiro atoms. The van der Waals surface area contributed by atoms with Gasteiger partial charge in [-0.3, -0.25) is 14.9 Å². The molecule has 53 heavy (non-hydrogen) atoms. The summed E-state index contributed by atoms with van der Waals surface area (Å²) >= 11 is 0. The first-order valence-corrected chi connectivity index (χ1v) is 18.7. The summed E-state index contributed by atoms with van der Waals surface area (Å²) in [7, 11) is 1.18. The van der Waals surface area contributed by atoms with Gasteiger partial charge in [0.15, 0.2) is 5.82 Å². The molecule has 6 rings (SSSR count). The Hall–Kier alpha value is -5.17. The SMILES string of the molecule is COCCN1C[C@@H](NC(=O)Nc2c(C)c(-c3cnc(OC)c(C(=O)NC4CCS(=O)(=O)CC4)c3)nn2-c2ccccc2)[C@H](c2cnc(OC)c(F)c2)O1. The van der Waals surface area contributed by atoms with Crippen LogP contribution in [0, 0.1) is 12.7 Å². The van der Waals surface area contributed by atoms with Gasteiger partial charge >= 0.3 is 6.03 Å². The number of para-hydroxylation sites is 1. The number of hydrogen-bond acceptors (Lipinski definition) is 12. The number of carbonyl (C=O) groups excluding carboxylic acids is 2. The highest BCUT2D eigenvalue weighted by atomic mass is 32.2. The number of hydrogen-bond donors (Lipinski definition) is 3. The van der Waals surface area contributed by atoms with Crippen LogP contribution in [0.4, 0.5) is 15.0 Å². The smallest absolute Gasteiger partial charge is 0.320 e. The predicted molar refractivity (Wildman–Crippen MR) is 191 cm³/mol. The highest BCUT2D eigenvalue weighted by molar-refractivity contribution is 7.91. The molecule has 0 saturated carbocycles. The number of nitrogens with zero attached hydrogens (tertiary/aromatic N) is 5. The number of pyridine rings is 2. The van der Waals surface area contributed by atoms with E-state index in [4.69, 9.17) is 24.1 Å². The zero-order valence-corrected chi connectivity index (χ0v) is 30.5. The second-order valence-electron chi connectivity index (χ2n) is 12.6. The average Bonchev–Trinajstić information content (AvgIpc) is 3.71. The van der Waals surface area contributed by atoms with E-state index in [1.807, 2.05) is 30.3 Å². The molecular weight excluding hydrogens is 711 g/mol. The van der Waals surface area contributed by atoms with Crippen molar-refractivity contribution in [3.63, 3.8) is 0 Å². The lowest BCUT2D eigenvalue weighted by Gasteiger charge is -2.23. The fourth-order valence-corrected chi connectivity index (χ4v) is 7.77. The van der Waals surface area contributed by atoms with E-state index in [2.05, 4.69) is 25.9 Å². The van der Waals surface area contributed by atoms with E-state index >= 15 is 0 Å². The normalized spacial score (nSPS) is 18.7. The van der Waals surface area contributed by atoms with Crippen molar-refractivity contribution in [2.75, 3.05) is 57.8 Å². The summed E-state index contributed by atoms with van der Waals surface area (Å²) in [4.78, 5) is 41.8. The largest absolute Gasteiger partial charge is 0.480 e. The third-order valence-corrected chi connectivity index (χ3v) is 10.8. The molecule has 1 aromatic carbocycles. The van der Waals surface area contributed by atoms with Gasteiger partial charge in [0.1, 0.15) is 27.3 Å². The molecule has 0 unspecified atom stereocenters. The Morgan fingerprint density at radius 3 is 2.40 bits per heavy atom. The lowest BCUT2D eigenvalue weighted by atomic mass is 10.0. The molecule has 0 bridgehead atoms. The number of methoxy groups -OCH3 is 3. The van der Waals surface area contributed by atoms with E-state index in [1.165, 1.54) is 32.7 Å². The molecule has 2 aliphatic heterocycles. The molecule has 5 heterocycles. The van der Waals surface area contributed by atoms with E-state index in [0.717, 1.165) is 0 Å². The van der Waals surface area contributed by atoms with Crippen molar-refractivity contribution < 1.29 is 41.4 Å². The first-order chi connectivity index (χ1) is 25.5. The zero-order valence-electron chi connectivity index (χ0n) is 29.7. The highest BCUT2D eigenvalue weighted by Crippen LogP contribution is 2.34. The molecule has 16 nitrogen and oxygen atoms in total. The van der Waals surface area contributed by atoms with Crippen molar-refractivity contribution in [3.8, 4) is 28.7 Å². The van der Waals surface area contributed by atoms with Crippen molar-refractivity contribution in [3.05, 3.63) is 77.4 Å². The molecule has 3 aromatic heterocycles. The van der Waals surface area contributed by atoms with Crippen LogP contribution in [-0.4, -0.2) is 110 Å². The summed E-state index contributed by atoms with van der Waals surface area (Å²) < 4.78 is 55.6. The van der Waals surface area contributed by atoms with Crippen LogP contribution in [-0.2, 0) is 19.4 Å². The van der Waals surface area contributed by atoms with Gasteiger partial charge in [0.05, 0.1) is 49.8 Å². The van der Waals surface area contributed by atoms with Crippen LogP contribution in [0.2, 0.25) is 0 Å². The number of ether oxygens (including phenoxy) is 3. The fraction of sp³-hybridized carbons (Fsp3) is 0.400. The summed E-state index contributed by atoms with van der Waals surface area (Å²) in [5.74, 6) is -0.842. The van der Waals surface area contributed by atoms with Crippen molar-refractivity contribution in [1.82, 2.24) is 35.4 Å². The van der Waals surface area contributed by atoms with Gasteiger partial charge in [-0.15, -0.1) is 0 Å². The molecule has 0 aliphatic carbocycles. The molecule has 2 atom stereocenters. The molecule has 0 radical (unpaired) electrons. The van der Waals surface area contributed by atoms with E-state index < -0.39 is 39.7 Å². The van der Waals surface area contributed by atoms with Gasteiger partial charge in [-0.25, -0.2) is 32.3 Å². The summed E-state index contributed by atoms with van der Waals surface area (Å²) in [6, 6.07) is 10.5. The van der Waals surface area contributed by atoms with Gasteiger partial charge < -0.3 is 24.8 Å². The fourth-order valence-electron chi connectivity index (χ4n) is 6.28. The van der Waals surface area contributed by atoms with Gasteiger partial charge in [-0.1, -0.05) is 18.2 Å². The zero-order chi connectivity index (χ0) is 37.7. The minimum absolute atomic E-state index is 0.00455. The maximum atomic E-state index is 14.7. The summed E-state index contributed by atoms with van der Waals surface area (Å²) in [5, 5.41) is 15.3. The second kappa shape index (κ2) is 16.2. The maximum absolute atomic E-state index is 14.7. The molecule has 2 saturated heterocycles. The summed E-state index contributed by atoms with van der Waals surface area (Å²) in [6.45, 7) is 2.83. The van der Waals surface area contributed by atoms with Gasteiger partial charge in [0.25, 0.3) is 5.91 Å². The van der Waals surface area contributed by atoms with Crippen LogP contribution in [0.5, 0.6) is 11.8 Å². The lowest BCUT2D eigenvalue weighted by molar-refractivity contribution is -0.154. The Kier molecular flexibility index (Phi) is 11.5. The van der Waals surface area contributed by atoms with Crippen LogP contribution in [0.15, 0.2) is 54.9 Å². The van der Waals surface area contributed by atoms with E-state index in [9.17, 15) is 22.4 Å². The third-order valence-electron chi connectivity index (χ3n) is 9.05. The van der Waals surface area contributed by atoms with Crippen molar-refractivity contribution in [2.24, 2.45) is 0 Å². The molecule has 3 amide bonds. The number of rotatable bonds is 12. The number of aromatic nitrogens is 4. The predicted octanol–water partition coefficient (Wildman–Crippen LogP) is 3.23. The molecule has 2 fully saturated rings. The second-order valence-corrected chi connectivity index (χ2v) is 14.9. The summed E-state index contributed by atoms with van der Waals surface area (Å²) in [5.41, 5.74) is 2.68. The lowest BCUT2D eigenvalue weighted by Crippen LogP contribution is -2.42. The van der Waals surface area contributed by atoms with Crippen LogP contribution < -0.4 is 25.4 Å². The average molecular weight is 753 g/mol. The number of halogens is 1. The molecule has 2 aliphatic rings. The number of nitrogens with one attached hydrogen (secondary N) is 3. The van der Waals surface area contributed by atoms with Gasteiger partial charge in [0, 0.05) is 55.3 Å². The van der Waals surface area contributed by atoms with Crippen LogP contribution in [0.1, 0.15) is 40.4 Å². The number of hydroxylamine groups is 2. The first kappa shape index (κ1) is 37.6. The van der Waals surface area contributed by atoms with Crippen LogP contribution >= 0.6 is 0 Å². The van der Waals surface area contributed by atoms with Crippen LogP contribution in [0.25, 0.3) is 16.9 Å². The highest BCUT2D eigenvalue weighted by Gasteiger charge is 2.37. The monoisotopic (exact) mass is 752 g/mol. The van der Waals surface area contributed by atoms with Crippen molar-refractivity contribution in [1.29, 1.82) is 0 Å². The number of benzene rings is 1. The number of amides is 3. The first-order valence-electron chi connectivity index (χ1n) is 16.9. The molecule has 18 heteroatoms. The third kappa shape index (κ3) is 8.56. The van der Waals surface area contributed by atoms with E-state index in [1.54, 1.807) is 29.8 Å². The Bertz CT molecular complexity index is 2050. The molecule has 282 valence electrons. The van der Waals surface area contributed by atoms with Crippen LogP contribution in [0.3, 0.4) is 0 Å². The van der Waals surface area contributed by atoms with Gasteiger partial charge in [0.2, 0.25) is 11.8 Å². The number of sulfone groups is 1. The maximum Gasteiger partial charge on any atom is 0.320 e. The minimum Gasteiger partial charge on any atom is -0.480 e. The minimum atomic E-state index is -3.11. The Labute approximate surface area is 305 Å². The molecule has 4 aromatic rings. The van der Waals surface area contributed by atoms with E-state index in [0.29, 0.717) is 59.9 Å². The quantitative estimate of drug-likeness (QED) is 0.192. The van der Waals surface area contributed by atoms with Gasteiger partial charge in [-0.2, -0.15) is 10.2 Å².